The van der Waals surface area contributed by atoms with E-state index < -0.39 is 0 Å². The maximum absolute atomic E-state index is 5.94. The van der Waals surface area contributed by atoms with Crippen molar-refractivity contribution in [3.05, 3.63) is 11.5 Å². The molecule has 2 heterocycles. The lowest BCUT2D eigenvalue weighted by Gasteiger charge is -2.39. The molecule has 1 fully saturated rings. The Morgan fingerprint density at radius 1 is 1.28 bits per heavy atom. The number of piperidine rings is 1. The molecule has 0 bridgehead atoms. The third-order valence-corrected chi connectivity index (χ3v) is 4.13. The average Bonchev–Trinajstić information content (AvgIpc) is 2.32. The fraction of sp³-hybridized carbons (Fsp3) is 0.692. The minimum atomic E-state index is 0.345. The molecule has 100 valence electrons. The van der Waals surface area contributed by atoms with E-state index in [1.54, 1.807) is 0 Å². The standard InChI is InChI=1S/C13H21ClN4/c1-13(2,3)9-4-6-18(7-5-9)12-10(15)11(14)16-8-17-12/h8-9H,4-7,15H2,1-3H3. The lowest BCUT2D eigenvalue weighted by molar-refractivity contribution is 0.199. The van der Waals surface area contributed by atoms with Crippen molar-refractivity contribution in [2.75, 3.05) is 23.7 Å². The van der Waals surface area contributed by atoms with Crippen LogP contribution in [0.1, 0.15) is 33.6 Å². The number of nitrogen functional groups attached to an aromatic ring is 1. The van der Waals surface area contributed by atoms with Gasteiger partial charge in [-0.3, -0.25) is 0 Å². The number of hydrogen-bond acceptors (Lipinski definition) is 4. The van der Waals surface area contributed by atoms with Crippen LogP contribution < -0.4 is 10.6 Å². The summed E-state index contributed by atoms with van der Waals surface area (Å²) in [5.41, 5.74) is 6.81. The van der Waals surface area contributed by atoms with Crippen molar-refractivity contribution in [1.29, 1.82) is 0 Å². The lowest BCUT2D eigenvalue weighted by Crippen LogP contribution is -2.38. The van der Waals surface area contributed by atoms with Gasteiger partial charge in [0.15, 0.2) is 11.0 Å². The molecular weight excluding hydrogens is 248 g/mol. The summed E-state index contributed by atoms with van der Waals surface area (Å²) in [6.07, 6.45) is 3.82. The van der Waals surface area contributed by atoms with E-state index >= 15 is 0 Å². The number of anilines is 2. The van der Waals surface area contributed by atoms with Crippen LogP contribution in [0.3, 0.4) is 0 Å². The van der Waals surface area contributed by atoms with E-state index in [1.165, 1.54) is 19.2 Å². The minimum Gasteiger partial charge on any atom is -0.393 e. The molecule has 1 aromatic rings. The molecule has 0 saturated carbocycles. The minimum absolute atomic E-state index is 0.345. The molecule has 0 amide bonds. The Morgan fingerprint density at radius 2 is 1.89 bits per heavy atom. The zero-order chi connectivity index (χ0) is 13.3. The summed E-state index contributed by atoms with van der Waals surface area (Å²) in [6, 6.07) is 0. The molecule has 4 nitrogen and oxygen atoms in total. The summed E-state index contributed by atoms with van der Waals surface area (Å²) in [5.74, 6) is 1.54. The molecule has 0 aliphatic carbocycles. The van der Waals surface area contributed by atoms with Crippen LogP contribution in [-0.4, -0.2) is 23.1 Å². The summed E-state index contributed by atoms with van der Waals surface area (Å²) in [4.78, 5) is 10.4. The van der Waals surface area contributed by atoms with Gasteiger partial charge in [0, 0.05) is 13.1 Å². The van der Waals surface area contributed by atoms with Crippen molar-refractivity contribution < 1.29 is 0 Å². The van der Waals surface area contributed by atoms with Gasteiger partial charge >= 0.3 is 0 Å². The van der Waals surface area contributed by atoms with Crippen molar-refractivity contribution in [1.82, 2.24) is 9.97 Å². The third-order valence-electron chi connectivity index (χ3n) is 3.83. The Hall–Kier alpha value is -1.03. The molecule has 0 radical (unpaired) electrons. The van der Waals surface area contributed by atoms with Gasteiger partial charge in [-0.05, 0) is 24.2 Å². The fourth-order valence-electron chi connectivity index (χ4n) is 2.57. The molecule has 0 atom stereocenters. The van der Waals surface area contributed by atoms with Gasteiger partial charge in [-0.25, -0.2) is 9.97 Å². The monoisotopic (exact) mass is 268 g/mol. The largest absolute Gasteiger partial charge is 0.393 e. The van der Waals surface area contributed by atoms with Crippen molar-refractivity contribution in [2.24, 2.45) is 11.3 Å². The molecule has 0 unspecified atom stereocenters. The van der Waals surface area contributed by atoms with Crippen LogP contribution in [-0.2, 0) is 0 Å². The van der Waals surface area contributed by atoms with E-state index in [1.807, 2.05) is 0 Å². The molecule has 0 aromatic carbocycles. The first kappa shape index (κ1) is 13.4. The maximum atomic E-state index is 5.94. The fourth-order valence-corrected chi connectivity index (χ4v) is 2.70. The van der Waals surface area contributed by atoms with Crippen molar-refractivity contribution in [3.8, 4) is 0 Å². The molecular formula is C13H21ClN4. The second-order valence-electron chi connectivity index (χ2n) is 6.03. The van der Waals surface area contributed by atoms with Gasteiger partial charge in [0.25, 0.3) is 0 Å². The molecule has 1 aromatic heterocycles. The summed E-state index contributed by atoms with van der Waals surface area (Å²) in [7, 11) is 0. The highest BCUT2D eigenvalue weighted by molar-refractivity contribution is 6.32. The van der Waals surface area contributed by atoms with E-state index in [2.05, 4.69) is 35.6 Å². The smallest absolute Gasteiger partial charge is 0.157 e. The van der Waals surface area contributed by atoms with Crippen LogP contribution in [0, 0.1) is 11.3 Å². The SMILES string of the molecule is CC(C)(C)C1CCN(c2ncnc(Cl)c2N)CC1. The van der Waals surface area contributed by atoms with E-state index in [4.69, 9.17) is 17.3 Å². The first-order valence-electron chi connectivity index (χ1n) is 6.40. The van der Waals surface area contributed by atoms with Crippen molar-refractivity contribution in [2.45, 2.75) is 33.6 Å². The van der Waals surface area contributed by atoms with Crippen molar-refractivity contribution >= 4 is 23.1 Å². The van der Waals surface area contributed by atoms with Gasteiger partial charge < -0.3 is 10.6 Å². The summed E-state index contributed by atoms with van der Waals surface area (Å²) in [6.45, 7) is 8.90. The summed E-state index contributed by atoms with van der Waals surface area (Å²) in [5, 5.41) is 0.345. The topological polar surface area (TPSA) is 55.0 Å². The molecule has 1 saturated heterocycles. The molecule has 2 N–H and O–H groups in total. The highest BCUT2D eigenvalue weighted by Crippen LogP contribution is 2.36. The predicted molar refractivity (Wildman–Crippen MR) is 75.8 cm³/mol. The average molecular weight is 269 g/mol. The predicted octanol–water partition coefficient (Wildman–Crippen LogP) is 2.97. The molecule has 2 rings (SSSR count). The Balaban J connectivity index is 2.08. The van der Waals surface area contributed by atoms with E-state index in [-0.39, 0.29) is 0 Å². The molecule has 0 spiro atoms. The molecule has 1 aliphatic heterocycles. The third kappa shape index (κ3) is 2.69. The van der Waals surface area contributed by atoms with Gasteiger partial charge in [0.2, 0.25) is 0 Å². The number of nitrogens with zero attached hydrogens (tertiary/aromatic N) is 3. The second-order valence-corrected chi connectivity index (χ2v) is 6.39. The maximum Gasteiger partial charge on any atom is 0.157 e. The summed E-state index contributed by atoms with van der Waals surface area (Å²) >= 11 is 5.93. The zero-order valence-electron chi connectivity index (χ0n) is 11.3. The van der Waals surface area contributed by atoms with Gasteiger partial charge in [-0.1, -0.05) is 32.4 Å². The van der Waals surface area contributed by atoms with Crippen LogP contribution in [0.2, 0.25) is 5.15 Å². The summed E-state index contributed by atoms with van der Waals surface area (Å²) < 4.78 is 0. The van der Waals surface area contributed by atoms with Crippen LogP contribution >= 0.6 is 11.6 Å². The molecule has 1 aliphatic rings. The van der Waals surface area contributed by atoms with Gasteiger partial charge in [0.1, 0.15) is 12.0 Å². The van der Waals surface area contributed by atoms with Crippen LogP contribution in [0.4, 0.5) is 11.5 Å². The number of hydrogen-bond donors (Lipinski definition) is 1. The number of aromatic nitrogens is 2. The van der Waals surface area contributed by atoms with Crippen LogP contribution in [0.15, 0.2) is 6.33 Å². The van der Waals surface area contributed by atoms with Crippen LogP contribution in [0.5, 0.6) is 0 Å². The second kappa shape index (κ2) is 4.92. The normalized spacial score (nSPS) is 18.1. The van der Waals surface area contributed by atoms with E-state index in [9.17, 15) is 0 Å². The van der Waals surface area contributed by atoms with Gasteiger partial charge in [0.05, 0.1) is 0 Å². The van der Waals surface area contributed by atoms with E-state index in [0.29, 0.717) is 16.3 Å². The van der Waals surface area contributed by atoms with Gasteiger partial charge in [-0.15, -0.1) is 0 Å². The first-order valence-corrected chi connectivity index (χ1v) is 6.78. The number of halogens is 1. The lowest BCUT2D eigenvalue weighted by atomic mass is 9.75. The number of rotatable bonds is 1. The Morgan fingerprint density at radius 3 is 2.44 bits per heavy atom. The quantitative estimate of drug-likeness (QED) is 0.796. The Labute approximate surface area is 114 Å². The van der Waals surface area contributed by atoms with Gasteiger partial charge in [-0.2, -0.15) is 0 Å². The molecule has 5 heteroatoms. The zero-order valence-corrected chi connectivity index (χ0v) is 12.0. The highest BCUT2D eigenvalue weighted by Gasteiger charge is 2.29. The first-order chi connectivity index (χ1) is 8.39. The van der Waals surface area contributed by atoms with Crippen molar-refractivity contribution in [3.63, 3.8) is 0 Å². The highest BCUT2D eigenvalue weighted by atomic mass is 35.5. The molecule has 18 heavy (non-hydrogen) atoms. The Bertz CT molecular complexity index is 419. The number of nitrogens with two attached hydrogens (primary N) is 1. The van der Waals surface area contributed by atoms with E-state index in [0.717, 1.165) is 24.8 Å². The Kier molecular flexibility index (Phi) is 3.66. The van der Waals surface area contributed by atoms with Crippen LogP contribution in [0.25, 0.3) is 0 Å².